The molecule has 2 aromatic rings. The molecule has 0 fully saturated rings. The predicted molar refractivity (Wildman–Crippen MR) is 79.6 cm³/mol. The first-order valence-electron chi connectivity index (χ1n) is 5.67. The van der Waals surface area contributed by atoms with Gasteiger partial charge in [0.1, 0.15) is 11.5 Å². The van der Waals surface area contributed by atoms with Crippen LogP contribution in [0.1, 0.15) is 5.56 Å². The van der Waals surface area contributed by atoms with E-state index in [-0.39, 0.29) is 16.5 Å². The minimum absolute atomic E-state index is 0.150. The number of rotatable bonds is 3. The van der Waals surface area contributed by atoms with Crippen LogP contribution in [0.4, 0.5) is 13.2 Å². The largest absolute Gasteiger partial charge is 0.573 e. The first-order chi connectivity index (χ1) is 9.83. The molecule has 0 N–H and O–H groups in total. The molecule has 0 unspecified atom stereocenters. The number of hydrogen-bond acceptors (Lipinski definition) is 3. The van der Waals surface area contributed by atoms with Gasteiger partial charge in [0.2, 0.25) is 0 Å². The van der Waals surface area contributed by atoms with Crippen molar-refractivity contribution in [1.82, 2.24) is 0 Å². The molecule has 0 spiro atoms. The van der Waals surface area contributed by atoms with Gasteiger partial charge in [-0.25, -0.2) is 0 Å². The highest BCUT2D eigenvalue weighted by Gasteiger charge is 2.31. The normalized spacial score (nSPS) is 11.0. The van der Waals surface area contributed by atoms with Gasteiger partial charge >= 0.3 is 6.36 Å². The van der Waals surface area contributed by atoms with Crippen molar-refractivity contribution in [3.8, 4) is 11.5 Å². The summed E-state index contributed by atoms with van der Waals surface area (Å²) in [5.74, 6) is -0.236. The van der Waals surface area contributed by atoms with Gasteiger partial charge in [-0.15, -0.1) is 13.2 Å². The molecule has 2 nitrogen and oxygen atoms in total. The van der Waals surface area contributed by atoms with Crippen LogP contribution in [-0.2, 0) is 0 Å². The lowest BCUT2D eigenvalue weighted by atomic mass is 10.2. The quantitative estimate of drug-likeness (QED) is 0.694. The van der Waals surface area contributed by atoms with Crippen LogP contribution in [0.25, 0.3) is 0 Å². The van der Waals surface area contributed by atoms with E-state index >= 15 is 0 Å². The Morgan fingerprint density at radius 1 is 1.00 bits per heavy atom. The van der Waals surface area contributed by atoms with Crippen LogP contribution >= 0.6 is 28.1 Å². The third-order valence-electron chi connectivity index (χ3n) is 2.30. The summed E-state index contributed by atoms with van der Waals surface area (Å²) >= 11 is 8.19. The molecule has 7 heteroatoms. The number of hydrogen-bond donors (Lipinski definition) is 0. The maximum absolute atomic E-state index is 12.2. The van der Waals surface area contributed by atoms with Gasteiger partial charge in [-0.2, -0.15) is 0 Å². The molecule has 0 aliphatic rings. The molecule has 21 heavy (non-hydrogen) atoms. The van der Waals surface area contributed by atoms with Crippen molar-refractivity contribution < 1.29 is 22.6 Å². The standard InChI is InChI=1S/C14H8BrF3O2S/c15-10-6-11(8-12(7-10)20-14(16,17)18)19-13(21)9-4-2-1-3-5-9/h1-8H. The molecule has 110 valence electrons. The Kier molecular flexibility index (Phi) is 4.84. The second kappa shape index (κ2) is 6.44. The zero-order chi connectivity index (χ0) is 15.5. The van der Waals surface area contributed by atoms with Gasteiger partial charge in [-0.1, -0.05) is 46.3 Å². The molecule has 0 saturated carbocycles. The van der Waals surface area contributed by atoms with E-state index < -0.39 is 6.36 Å². The van der Waals surface area contributed by atoms with Crippen LogP contribution in [0, 0.1) is 0 Å². The Morgan fingerprint density at radius 2 is 1.62 bits per heavy atom. The van der Waals surface area contributed by atoms with Crippen LogP contribution < -0.4 is 9.47 Å². The van der Waals surface area contributed by atoms with Crippen molar-refractivity contribution in [2.24, 2.45) is 0 Å². The minimum Gasteiger partial charge on any atom is -0.445 e. The Hall–Kier alpha value is -1.60. The molecule has 0 aromatic heterocycles. The molecule has 0 aliphatic heterocycles. The second-order valence-electron chi connectivity index (χ2n) is 3.93. The smallest absolute Gasteiger partial charge is 0.445 e. The number of benzene rings is 2. The fourth-order valence-corrected chi connectivity index (χ4v) is 2.21. The highest BCUT2D eigenvalue weighted by Crippen LogP contribution is 2.30. The van der Waals surface area contributed by atoms with Crippen LogP contribution in [0.15, 0.2) is 53.0 Å². The monoisotopic (exact) mass is 376 g/mol. The summed E-state index contributed by atoms with van der Waals surface area (Å²) < 4.78 is 46.3. The molecule has 0 atom stereocenters. The summed E-state index contributed by atoms with van der Waals surface area (Å²) in [7, 11) is 0. The number of thiocarbonyl (C=S) groups is 1. The molecule has 0 amide bonds. The molecule has 0 aliphatic carbocycles. The first kappa shape index (κ1) is 15.8. The summed E-state index contributed by atoms with van der Waals surface area (Å²) in [6.07, 6.45) is -4.77. The molecule has 2 rings (SSSR count). The first-order valence-corrected chi connectivity index (χ1v) is 6.87. The predicted octanol–water partition coefficient (Wildman–Crippen LogP) is 5.10. The Bertz CT molecular complexity index is 644. The van der Waals surface area contributed by atoms with E-state index in [2.05, 4.69) is 20.7 Å². The average molecular weight is 377 g/mol. The topological polar surface area (TPSA) is 18.5 Å². The molecule has 0 saturated heterocycles. The van der Waals surface area contributed by atoms with Crippen molar-refractivity contribution in [2.75, 3.05) is 0 Å². The maximum atomic E-state index is 12.2. The fourth-order valence-electron chi connectivity index (χ4n) is 1.53. The van der Waals surface area contributed by atoms with Crippen LogP contribution in [0.2, 0.25) is 0 Å². The van der Waals surface area contributed by atoms with Crippen molar-refractivity contribution in [3.63, 3.8) is 0 Å². The van der Waals surface area contributed by atoms with Gasteiger partial charge in [0.25, 0.3) is 0 Å². The van der Waals surface area contributed by atoms with Crippen LogP contribution in [0.3, 0.4) is 0 Å². The average Bonchev–Trinajstić information content (AvgIpc) is 2.36. The zero-order valence-corrected chi connectivity index (χ0v) is 12.8. The number of alkyl halides is 3. The van der Waals surface area contributed by atoms with Gasteiger partial charge < -0.3 is 9.47 Å². The summed E-state index contributed by atoms with van der Waals surface area (Å²) in [5, 5.41) is 0.159. The third-order valence-corrected chi connectivity index (χ3v) is 3.08. The van der Waals surface area contributed by atoms with E-state index in [0.29, 0.717) is 10.0 Å². The van der Waals surface area contributed by atoms with Gasteiger partial charge in [0.15, 0.2) is 5.05 Å². The maximum Gasteiger partial charge on any atom is 0.573 e. The van der Waals surface area contributed by atoms with Crippen molar-refractivity contribution >= 4 is 33.2 Å². The summed E-state index contributed by atoms with van der Waals surface area (Å²) in [5.41, 5.74) is 0.658. The summed E-state index contributed by atoms with van der Waals surface area (Å²) in [6, 6.07) is 12.7. The van der Waals surface area contributed by atoms with Crippen LogP contribution in [0.5, 0.6) is 11.5 Å². The van der Waals surface area contributed by atoms with E-state index in [9.17, 15) is 13.2 Å². The van der Waals surface area contributed by atoms with Gasteiger partial charge in [0.05, 0.1) is 0 Å². The third kappa shape index (κ3) is 5.02. The molecular formula is C14H8BrF3O2S. The lowest BCUT2D eigenvalue weighted by molar-refractivity contribution is -0.274. The van der Waals surface area contributed by atoms with Gasteiger partial charge in [-0.3, -0.25) is 0 Å². The highest BCUT2D eigenvalue weighted by atomic mass is 79.9. The Balaban J connectivity index is 2.19. The molecule has 0 bridgehead atoms. The van der Waals surface area contributed by atoms with E-state index in [4.69, 9.17) is 17.0 Å². The summed E-state index contributed by atoms with van der Waals surface area (Å²) in [4.78, 5) is 0. The van der Waals surface area contributed by atoms with Crippen molar-refractivity contribution in [1.29, 1.82) is 0 Å². The van der Waals surface area contributed by atoms with Crippen molar-refractivity contribution in [3.05, 3.63) is 58.6 Å². The lowest BCUT2D eigenvalue weighted by Crippen LogP contribution is -2.17. The SMILES string of the molecule is FC(F)(F)Oc1cc(Br)cc(OC(=S)c2ccccc2)c1. The highest BCUT2D eigenvalue weighted by molar-refractivity contribution is 9.10. The summed E-state index contributed by atoms with van der Waals surface area (Å²) in [6.45, 7) is 0. The number of ether oxygens (including phenoxy) is 2. The van der Waals surface area contributed by atoms with Gasteiger partial charge in [-0.05, 0) is 24.4 Å². The second-order valence-corrected chi connectivity index (χ2v) is 5.21. The van der Waals surface area contributed by atoms with Gasteiger partial charge in [0, 0.05) is 16.1 Å². The minimum atomic E-state index is -4.77. The Morgan fingerprint density at radius 3 is 2.24 bits per heavy atom. The fraction of sp³-hybridized carbons (Fsp3) is 0.0714. The van der Waals surface area contributed by atoms with E-state index in [0.717, 1.165) is 6.07 Å². The molecule has 2 aromatic carbocycles. The Labute approximate surface area is 132 Å². The van der Waals surface area contributed by atoms with E-state index in [1.54, 1.807) is 24.3 Å². The van der Waals surface area contributed by atoms with E-state index in [1.165, 1.54) is 12.1 Å². The molecule has 0 heterocycles. The lowest BCUT2D eigenvalue weighted by Gasteiger charge is -2.12. The zero-order valence-electron chi connectivity index (χ0n) is 10.4. The van der Waals surface area contributed by atoms with E-state index in [1.807, 2.05) is 6.07 Å². The molecular weight excluding hydrogens is 369 g/mol. The molecule has 0 radical (unpaired) electrons. The number of halogens is 4. The van der Waals surface area contributed by atoms with Crippen molar-refractivity contribution in [2.45, 2.75) is 6.36 Å². The van der Waals surface area contributed by atoms with Crippen LogP contribution in [-0.4, -0.2) is 11.4 Å².